The van der Waals surface area contributed by atoms with Crippen LogP contribution in [-0.2, 0) is 33.4 Å². The van der Waals surface area contributed by atoms with Crippen LogP contribution in [0.1, 0.15) is 80.1 Å². The van der Waals surface area contributed by atoms with E-state index in [1.807, 2.05) is 27.7 Å². The van der Waals surface area contributed by atoms with E-state index in [2.05, 4.69) is 0 Å². The molecule has 0 N–H and O–H groups in total. The maximum atomic E-state index is 11.9. The van der Waals surface area contributed by atoms with E-state index in [0.29, 0.717) is 12.8 Å². The van der Waals surface area contributed by atoms with Crippen LogP contribution in [-0.4, -0.2) is 49.9 Å². The highest BCUT2D eigenvalue weighted by molar-refractivity contribution is 5.78. The number of Topliss-reactive ketones (excluding diaryl/α,β-unsaturated/α-hetero) is 2. The smallest absolute Gasteiger partial charge is 0.308 e. The van der Waals surface area contributed by atoms with Crippen LogP contribution < -0.4 is 0 Å². The molecule has 0 heterocycles. The Morgan fingerprint density at radius 3 is 1.19 bits per heavy atom. The summed E-state index contributed by atoms with van der Waals surface area (Å²) >= 11 is 0. The van der Waals surface area contributed by atoms with Gasteiger partial charge < -0.3 is 14.2 Å². The van der Waals surface area contributed by atoms with Crippen molar-refractivity contribution in [3.05, 3.63) is 0 Å². The highest BCUT2D eigenvalue weighted by atomic mass is 16.6. The number of carbonyl (C=O) groups excluding carboxylic acids is 4. The normalized spacial score (nSPS) is 14.9. The molecule has 180 valence electrons. The molecule has 0 rings (SSSR count). The number of hydrogen-bond acceptors (Lipinski definition) is 7. The molecule has 0 bridgehead atoms. The number of ether oxygens (including phenoxy) is 3. The monoisotopic (exact) mass is 442 g/mol. The highest BCUT2D eigenvalue weighted by Crippen LogP contribution is 2.15. The predicted molar refractivity (Wildman–Crippen MR) is 118 cm³/mol. The number of rotatable bonds is 18. The Morgan fingerprint density at radius 1 is 0.548 bits per heavy atom. The molecule has 0 aliphatic rings. The minimum Gasteiger partial charge on any atom is -0.463 e. The minimum absolute atomic E-state index is 0.0316. The fraction of sp³-hybridized carbons (Fsp3) is 0.833. The Hall–Kier alpha value is -1.76. The topological polar surface area (TPSA) is 96.0 Å². The van der Waals surface area contributed by atoms with Crippen molar-refractivity contribution in [2.45, 2.75) is 80.1 Å². The van der Waals surface area contributed by atoms with Crippen molar-refractivity contribution in [1.29, 1.82) is 0 Å². The first-order valence-electron chi connectivity index (χ1n) is 11.5. The summed E-state index contributed by atoms with van der Waals surface area (Å²) in [5.74, 6) is -0.538. The Labute approximate surface area is 187 Å². The first-order chi connectivity index (χ1) is 14.6. The fourth-order valence-electron chi connectivity index (χ4n) is 2.89. The van der Waals surface area contributed by atoms with Crippen molar-refractivity contribution in [3.63, 3.8) is 0 Å². The second kappa shape index (κ2) is 16.9. The summed E-state index contributed by atoms with van der Waals surface area (Å²) < 4.78 is 15.7. The molecule has 7 heteroatoms. The lowest BCUT2D eigenvalue weighted by atomic mass is 9.96. The summed E-state index contributed by atoms with van der Waals surface area (Å²) in [6, 6.07) is 0. The van der Waals surface area contributed by atoms with Gasteiger partial charge in [0.2, 0.25) is 0 Å². The van der Waals surface area contributed by atoms with Crippen LogP contribution in [0.15, 0.2) is 0 Å². The summed E-state index contributed by atoms with van der Waals surface area (Å²) in [5, 5.41) is 0. The third-order valence-electron chi connectivity index (χ3n) is 5.69. The van der Waals surface area contributed by atoms with Crippen LogP contribution in [0.2, 0.25) is 0 Å². The molecule has 31 heavy (non-hydrogen) atoms. The van der Waals surface area contributed by atoms with Gasteiger partial charge in [-0.05, 0) is 39.5 Å². The fourth-order valence-corrected chi connectivity index (χ4v) is 2.89. The van der Waals surface area contributed by atoms with Crippen molar-refractivity contribution >= 4 is 23.5 Å². The lowest BCUT2D eigenvalue weighted by molar-refractivity contribution is -0.151. The van der Waals surface area contributed by atoms with Gasteiger partial charge in [-0.2, -0.15) is 0 Å². The van der Waals surface area contributed by atoms with E-state index in [-0.39, 0.29) is 73.6 Å². The largest absolute Gasteiger partial charge is 0.463 e. The van der Waals surface area contributed by atoms with Crippen LogP contribution >= 0.6 is 0 Å². The summed E-state index contributed by atoms with van der Waals surface area (Å²) in [5.41, 5.74) is 0. The van der Waals surface area contributed by atoms with Crippen molar-refractivity contribution in [3.8, 4) is 0 Å². The van der Waals surface area contributed by atoms with E-state index in [4.69, 9.17) is 14.2 Å². The molecule has 0 amide bonds. The third kappa shape index (κ3) is 14.8. The molecule has 0 fully saturated rings. The zero-order valence-electron chi connectivity index (χ0n) is 20.2. The molecular formula is C24H42O7. The number of carbonyl (C=O) groups is 4. The molecule has 0 saturated heterocycles. The average Bonchev–Trinajstić information content (AvgIpc) is 2.71. The Kier molecular flexibility index (Phi) is 15.9. The standard InChI is InChI=1S/C24H42O7/c1-17(21(5)25)9-7-11-19(3)23(27)30-15-13-29-14-16-31-24(28)20(4)12-8-10-18(2)22(6)26/h17-20H,7-16H2,1-6H3. The predicted octanol–water partition coefficient (Wildman–Crippen LogP) is 4.15. The molecule has 4 unspecified atom stereocenters. The summed E-state index contributed by atoms with van der Waals surface area (Å²) in [6.45, 7) is 11.4. The number of esters is 2. The van der Waals surface area contributed by atoms with Crippen molar-refractivity contribution in [2.75, 3.05) is 26.4 Å². The molecule has 0 saturated carbocycles. The van der Waals surface area contributed by atoms with Gasteiger partial charge in [-0.1, -0.05) is 40.5 Å². The Balaban J connectivity index is 3.72. The van der Waals surface area contributed by atoms with E-state index in [1.54, 1.807) is 13.8 Å². The van der Waals surface area contributed by atoms with Crippen molar-refractivity contribution < 1.29 is 33.4 Å². The van der Waals surface area contributed by atoms with Gasteiger partial charge in [-0.3, -0.25) is 19.2 Å². The van der Waals surface area contributed by atoms with Crippen LogP contribution in [0.4, 0.5) is 0 Å². The quantitative estimate of drug-likeness (QED) is 0.232. The van der Waals surface area contributed by atoms with E-state index in [1.165, 1.54) is 0 Å². The summed E-state index contributed by atoms with van der Waals surface area (Å²) in [6.07, 6.45) is 4.58. The average molecular weight is 443 g/mol. The zero-order valence-corrected chi connectivity index (χ0v) is 20.2. The van der Waals surface area contributed by atoms with Crippen molar-refractivity contribution in [1.82, 2.24) is 0 Å². The summed E-state index contributed by atoms with van der Waals surface area (Å²) in [7, 11) is 0. The Bertz CT molecular complexity index is 510. The second-order valence-corrected chi connectivity index (χ2v) is 8.63. The molecule has 0 radical (unpaired) electrons. The first kappa shape index (κ1) is 29.2. The van der Waals surface area contributed by atoms with Gasteiger partial charge in [0, 0.05) is 11.8 Å². The van der Waals surface area contributed by atoms with Crippen molar-refractivity contribution in [2.24, 2.45) is 23.7 Å². The molecular weight excluding hydrogens is 400 g/mol. The number of hydrogen-bond donors (Lipinski definition) is 0. The van der Waals surface area contributed by atoms with Gasteiger partial charge in [0.1, 0.15) is 24.8 Å². The van der Waals surface area contributed by atoms with E-state index >= 15 is 0 Å². The molecule has 0 aromatic rings. The molecule has 4 atom stereocenters. The second-order valence-electron chi connectivity index (χ2n) is 8.63. The Morgan fingerprint density at radius 2 is 0.871 bits per heavy atom. The third-order valence-corrected chi connectivity index (χ3v) is 5.69. The number of ketones is 2. The van der Waals surface area contributed by atoms with Crippen LogP contribution in [0.5, 0.6) is 0 Å². The van der Waals surface area contributed by atoms with Gasteiger partial charge in [-0.15, -0.1) is 0 Å². The SMILES string of the molecule is CC(=O)C(C)CCCC(C)C(=O)OCCOCCOC(=O)C(C)CCCC(C)C(C)=O. The van der Waals surface area contributed by atoms with Gasteiger partial charge in [0.15, 0.2) is 0 Å². The van der Waals surface area contributed by atoms with E-state index < -0.39 is 0 Å². The van der Waals surface area contributed by atoms with E-state index in [9.17, 15) is 19.2 Å². The molecule has 0 aliphatic heterocycles. The van der Waals surface area contributed by atoms with Gasteiger partial charge in [0.05, 0.1) is 25.0 Å². The summed E-state index contributed by atoms with van der Waals surface area (Å²) in [4.78, 5) is 46.3. The van der Waals surface area contributed by atoms with E-state index in [0.717, 1.165) is 25.7 Å². The minimum atomic E-state index is -0.265. The lowest BCUT2D eigenvalue weighted by Gasteiger charge is -2.14. The van der Waals surface area contributed by atoms with Crippen LogP contribution in [0.25, 0.3) is 0 Å². The van der Waals surface area contributed by atoms with Gasteiger partial charge >= 0.3 is 11.9 Å². The molecule has 0 aromatic carbocycles. The van der Waals surface area contributed by atoms with Crippen LogP contribution in [0, 0.1) is 23.7 Å². The van der Waals surface area contributed by atoms with Gasteiger partial charge in [-0.25, -0.2) is 0 Å². The van der Waals surface area contributed by atoms with Gasteiger partial charge in [0.25, 0.3) is 0 Å². The molecule has 0 spiro atoms. The van der Waals surface area contributed by atoms with Crippen LogP contribution in [0.3, 0.4) is 0 Å². The lowest BCUT2D eigenvalue weighted by Crippen LogP contribution is -2.20. The zero-order chi connectivity index (χ0) is 23.8. The molecule has 0 aliphatic carbocycles. The maximum Gasteiger partial charge on any atom is 0.308 e. The molecule has 7 nitrogen and oxygen atoms in total. The maximum absolute atomic E-state index is 11.9. The molecule has 0 aromatic heterocycles. The first-order valence-corrected chi connectivity index (χ1v) is 11.5. The highest BCUT2D eigenvalue weighted by Gasteiger charge is 2.17.